The van der Waals surface area contributed by atoms with Crippen LogP contribution in [-0.4, -0.2) is 18.6 Å². The van der Waals surface area contributed by atoms with Crippen LogP contribution >= 0.6 is 11.6 Å². The Kier molecular flexibility index (Phi) is 3.99. The van der Waals surface area contributed by atoms with Gasteiger partial charge in [0, 0.05) is 24.7 Å². The van der Waals surface area contributed by atoms with Gasteiger partial charge in [-0.15, -0.1) is 0 Å². The number of fused-ring (bicyclic) bond motifs is 1. The first-order valence-corrected chi connectivity index (χ1v) is 6.05. The molecule has 0 saturated carbocycles. The standard InChI is InChI=1S/C13H14ClFN2O/c1-3-16-12-6-9(7-18-2)17-13-10(12)4-8(15)5-11(13)14/h4-6H,3,7H2,1-2H3,(H,16,17). The lowest BCUT2D eigenvalue weighted by molar-refractivity contribution is 0.182. The van der Waals surface area contributed by atoms with E-state index in [1.165, 1.54) is 12.1 Å². The summed E-state index contributed by atoms with van der Waals surface area (Å²) in [6.07, 6.45) is 0. The van der Waals surface area contributed by atoms with Crippen LogP contribution in [0.3, 0.4) is 0 Å². The highest BCUT2D eigenvalue weighted by molar-refractivity contribution is 6.35. The van der Waals surface area contributed by atoms with Crippen LogP contribution in [-0.2, 0) is 11.3 Å². The number of nitrogens with zero attached hydrogens (tertiary/aromatic N) is 1. The normalized spacial score (nSPS) is 10.9. The molecule has 0 amide bonds. The van der Waals surface area contributed by atoms with Crippen LogP contribution in [0, 0.1) is 5.82 Å². The molecular formula is C13H14ClFN2O. The molecule has 0 unspecified atom stereocenters. The molecule has 1 aromatic heterocycles. The van der Waals surface area contributed by atoms with Crippen molar-refractivity contribution in [3.63, 3.8) is 0 Å². The molecular weight excluding hydrogens is 255 g/mol. The van der Waals surface area contributed by atoms with Crippen LogP contribution in [0.4, 0.5) is 10.1 Å². The van der Waals surface area contributed by atoms with Crippen LogP contribution in [0.1, 0.15) is 12.6 Å². The van der Waals surface area contributed by atoms with Gasteiger partial charge in [-0.2, -0.15) is 0 Å². The molecule has 0 radical (unpaired) electrons. The molecule has 0 aliphatic rings. The minimum Gasteiger partial charge on any atom is -0.385 e. The monoisotopic (exact) mass is 268 g/mol. The van der Waals surface area contributed by atoms with E-state index in [-0.39, 0.29) is 5.82 Å². The molecule has 0 spiro atoms. The number of hydrogen-bond donors (Lipinski definition) is 1. The van der Waals surface area contributed by atoms with E-state index in [0.717, 1.165) is 17.9 Å². The minimum atomic E-state index is -0.368. The second-order valence-electron chi connectivity index (χ2n) is 3.91. The Morgan fingerprint density at radius 3 is 2.83 bits per heavy atom. The fourth-order valence-electron chi connectivity index (χ4n) is 1.86. The summed E-state index contributed by atoms with van der Waals surface area (Å²) in [5.41, 5.74) is 2.16. The van der Waals surface area contributed by atoms with Gasteiger partial charge in [0.15, 0.2) is 0 Å². The average molecular weight is 269 g/mol. The van der Waals surface area contributed by atoms with Gasteiger partial charge in [0.25, 0.3) is 0 Å². The average Bonchev–Trinajstić information content (AvgIpc) is 2.31. The highest BCUT2D eigenvalue weighted by atomic mass is 35.5. The molecule has 0 bridgehead atoms. The number of rotatable bonds is 4. The van der Waals surface area contributed by atoms with Crippen molar-refractivity contribution in [3.8, 4) is 0 Å². The van der Waals surface area contributed by atoms with Crippen molar-refractivity contribution in [1.29, 1.82) is 0 Å². The third kappa shape index (κ3) is 2.54. The van der Waals surface area contributed by atoms with Gasteiger partial charge in [0.2, 0.25) is 0 Å². The maximum atomic E-state index is 13.4. The molecule has 5 heteroatoms. The molecule has 18 heavy (non-hydrogen) atoms. The largest absolute Gasteiger partial charge is 0.385 e. The van der Waals surface area contributed by atoms with Crippen molar-refractivity contribution in [1.82, 2.24) is 4.98 Å². The van der Waals surface area contributed by atoms with E-state index < -0.39 is 0 Å². The number of methoxy groups -OCH3 is 1. The highest BCUT2D eigenvalue weighted by Gasteiger charge is 2.10. The zero-order chi connectivity index (χ0) is 13.1. The maximum absolute atomic E-state index is 13.4. The topological polar surface area (TPSA) is 34.1 Å². The second-order valence-corrected chi connectivity index (χ2v) is 4.32. The predicted molar refractivity (Wildman–Crippen MR) is 71.6 cm³/mol. The number of ether oxygens (including phenoxy) is 1. The smallest absolute Gasteiger partial charge is 0.125 e. The van der Waals surface area contributed by atoms with Crippen LogP contribution < -0.4 is 5.32 Å². The van der Waals surface area contributed by atoms with Crippen LogP contribution in [0.5, 0.6) is 0 Å². The van der Waals surface area contributed by atoms with Crippen molar-refractivity contribution >= 4 is 28.2 Å². The molecule has 2 rings (SSSR count). The molecule has 0 atom stereocenters. The van der Waals surface area contributed by atoms with Crippen molar-refractivity contribution in [2.24, 2.45) is 0 Å². The van der Waals surface area contributed by atoms with Crippen molar-refractivity contribution in [2.75, 3.05) is 19.0 Å². The number of pyridine rings is 1. The Morgan fingerprint density at radius 2 is 2.17 bits per heavy atom. The SMILES string of the molecule is CCNc1cc(COC)nc2c(Cl)cc(F)cc12. The molecule has 3 nitrogen and oxygen atoms in total. The summed E-state index contributed by atoms with van der Waals surface area (Å²) >= 11 is 6.04. The maximum Gasteiger partial charge on any atom is 0.125 e. The van der Waals surface area contributed by atoms with E-state index in [0.29, 0.717) is 22.5 Å². The van der Waals surface area contributed by atoms with E-state index in [1.807, 2.05) is 13.0 Å². The molecule has 96 valence electrons. The first-order chi connectivity index (χ1) is 8.65. The third-order valence-corrected chi connectivity index (χ3v) is 2.83. The molecule has 1 heterocycles. The first-order valence-electron chi connectivity index (χ1n) is 5.67. The second kappa shape index (κ2) is 5.50. The number of halogens is 2. The van der Waals surface area contributed by atoms with Gasteiger partial charge in [0.1, 0.15) is 5.82 Å². The van der Waals surface area contributed by atoms with Crippen molar-refractivity contribution < 1.29 is 9.13 Å². The third-order valence-electron chi connectivity index (χ3n) is 2.54. The van der Waals surface area contributed by atoms with Gasteiger partial charge in [0.05, 0.1) is 22.8 Å². The van der Waals surface area contributed by atoms with Crippen molar-refractivity contribution in [3.05, 3.63) is 34.7 Å². The van der Waals surface area contributed by atoms with E-state index >= 15 is 0 Å². The quantitative estimate of drug-likeness (QED) is 0.920. The Bertz CT molecular complexity index is 574. The zero-order valence-corrected chi connectivity index (χ0v) is 11.0. The van der Waals surface area contributed by atoms with E-state index in [4.69, 9.17) is 16.3 Å². The number of hydrogen-bond acceptors (Lipinski definition) is 3. The van der Waals surface area contributed by atoms with Gasteiger partial charge in [-0.05, 0) is 25.1 Å². The summed E-state index contributed by atoms with van der Waals surface area (Å²) in [5.74, 6) is -0.368. The lowest BCUT2D eigenvalue weighted by atomic mass is 10.1. The number of nitrogens with one attached hydrogen (secondary N) is 1. The van der Waals surface area contributed by atoms with Crippen LogP contribution in [0.2, 0.25) is 5.02 Å². The minimum absolute atomic E-state index is 0.308. The van der Waals surface area contributed by atoms with E-state index in [2.05, 4.69) is 10.3 Å². The Morgan fingerprint density at radius 1 is 1.39 bits per heavy atom. The summed E-state index contributed by atoms with van der Waals surface area (Å²) in [4.78, 5) is 4.38. The zero-order valence-electron chi connectivity index (χ0n) is 10.3. The van der Waals surface area contributed by atoms with Gasteiger partial charge >= 0.3 is 0 Å². The molecule has 0 aliphatic heterocycles. The van der Waals surface area contributed by atoms with Gasteiger partial charge in [-0.25, -0.2) is 9.37 Å². The lowest BCUT2D eigenvalue weighted by Gasteiger charge is -2.11. The Labute approximate surface area is 110 Å². The Hall–Kier alpha value is -1.39. The number of benzene rings is 1. The molecule has 2 aromatic rings. The summed E-state index contributed by atoms with van der Waals surface area (Å²) in [6.45, 7) is 3.10. The number of aromatic nitrogens is 1. The highest BCUT2D eigenvalue weighted by Crippen LogP contribution is 2.29. The fraction of sp³-hybridized carbons (Fsp3) is 0.308. The molecule has 0 aliphatic carbocycles. The fourth-order valence-corrected chi connectivity index (χ4v) is 2.11. The predicted octanol–water partition coefficient (Wildman–Crippen LogP) is 3.61. The van der Waals surface area contributed by atoms with Crippen LogP contribution in [0.25, 0.3) is 10.9 Å². The van der Waals surface area contributed by atoms with Crippen molar-refractivity contribution in [2.45, 2.75) is 13.5 Å². The van der Waals surface area contributed by atoms with E-state index in [1.54, 1.807) is 7.11 Å². The molecule has 0 saturated heterocycles. The summed E-state index contributed by atoms with van der Waals surface area (Å²) in [5, 5.41) is 4.17. The summed E-state index contributed by atoms with van der Waals surface area (Å²) < 4.78 is 18.5. The summed E-state index contributed by atoms with van der Waals surface area (Å²) in [7, 11) is 1.60. The molecule has 0 fully saturated rings. The lowest BCUT2D eigenvalue weighted by Crippen LogP contribution is -2.02. The number of anilines is 1. The van der Waals surface area contributed by atoms with Crippen LogP contribution in [0.15, 0.2) is 18.2 Å². The Balaban J connectivity index is 2.68. The first kappa shape index (κ1) is 13.1. The molecule has 1 aromatic carbocycles. The van der Waals surface area contributed by atoms with Gasteiger partial charge in [-0.3, -0.25) is 0 Å². The van der Waals surface area contributed by atoms with Gasteiger partial charge in [-0.1, -0.05) is 11.6 Å². The molecule has 1 N–H and O–H groups in total. The van der Waals surface area contributed by atoms with E-state index in [9.17, 15) is 4.39 Å². The van der Waals surface area contributed by atoms with Gasteiger partial charge < -0.3 is 10.1 Å². The summed E-state index contributed by atoms with van der Waals surface area (Å²) in [6, 6.07) is 4.55.